The van der Waals surface area contributed by atoms with Gasteiger partial charge in [-0.1, -0.05) is 0 Å². The van der Waals surface area contributed by atoms with Crippen molar-refractivity contribution in [1.82, 2.24) is 0 Å². The molecule has 0 saturated heterocycles. The van der Waals surface area contributed by atoms with Crippen molar-refractivity contribution in [2.24, 2.45) is 0 Å². The fourth-order valence-electron chi connectivity index (χ4n) is 4.59. The molecule has 0 N–H and O–H groups in total. The summed E-state index contributed by atoms with van der Waals surface area (Å²) < 4.78 is 54.8. The van der Waals surface area contributed by atoms with Gasteiger partial charge in [-0.25, -0.2) is 4.79 Å². The van der Waals surface area contributed by atoms with Crippen molar-refractivity contribution >= 4 is 28.8 Å². The summed E-state index contributed by atoms with van der Waals surface area (Å²) in [6, 6.07) is 0. The zero-order valence-corrected chi connectivity index (χ0v) is 29.2. The van der Waals surface area contributed by atoms with Crippen molar-refractivity contribution in [3.63, 3.8) is 0 Å². The summed E-state index contributed by atoms with van der Waals surface area (Å²) in [6.45, 7) is 13.3. The molecule has 268 valence electrons. The summed E-state index contributed by atoms with van der Waals surface area (Å²) in [7, 11) is 1.63. The van der Waals surface area contributed by atoms with E-state index in [1.165, 1.54) is 0 Å². The van der Waals surface area contributed by atoms with Crippen LogP contribution in [0.2, 0.25) is 0 Å². The number of fused-ring (bicyclic) bond motifs is 1. The van der Waals surface area contributed by atoms with E-state index in [4.69, 9.17) is 59.0 Å². The molecule has 1 aliphatic heterocycles. The lowest BCUT2D eigenvalue weighted by Gasteiger charge is -2.36. The van der Waals surface area contributed by atoms with Crippen LogP contribution in [0.15, 0.2) is 0 Å². The molecule has 14 heteroatoms. The van der Waals surface area contributed by atoms with Crippen LogP contribution in [0.4, 0.5) is 0 Å². The molecular formula is C33H51ClO13. The normalized spacial score (nSPS) is 15.6. The van der Waals surface area contributed by atoms with E-state index in [1.54, 1.807) is 14.0 Å². The standard InChI is InChI=1S/C33H51ClO13/c1-24-25(2)31-27(26(3)30(24)46-29(36)7-6-28(34)35)8-9-33(4,47-31)32(37)45-23-22-44-21-20-43-19-18-42-17-16-41-15-14-40-13-12-39-11-10-38-5/h6-23H2,1-5H3/t33-/m0/s1. The number of benzene rings is 1. The summed E-state index contributed by atoms with van der Waals surface area (Å²) in [4.78, 5) is 36.2. The molecule has 0 spiro atoms. The van der Waals surface area contributed by atoms with Crippen molar-refractivity contribution in [3.05, 3.63) is 22.3 Å². The van der Waals surface area contributed by atoms with E-state index in [0.717, 1.165) is 16.7 Å². The smallest absolute Gasteiger partial charge is 0.350 e. The Morgan fingerprint density at radius 3 is 1.62 bits per heavy atom. The molecule has 0 radical (unpaired) electrons. The minimum Gasteiger partial charge on any atom is -0.475 e. The van der Waals surface area contributed by atoms with E-state index in [9.17, 15) is 14.4 Å². The Kier molecular flexibility index (Phi) is 20.0. The third-order valence-corrected chi connectivity index (χ3v) is 7.61. The van der Waals surface area contributed by atoms with Gasteiger partial charge in [0.05, 0.1) is 92.3 Å². The van der Waals surface area contributed by atoms with Crippen molar-refractivity contribution in [2.45, 2.75) is 59.0 Å². The SMILES string of the molecule is COCCOCCOCCOCCOCCOCCOCCOC(=O)[C@]1(C)CCc2c(C)c(OC(=O)CCC(=O)Cl)c(C)c(C)c2O1. The number of halogens is 1. The highest BCUT2D eigenvalue weighted by atomic mass is 35.5. The van der Waals surface area contributed by atoms with Crippen molar-refractivity contribution < 1.29 is 61.8 Å². The highest BCUT2D eigenvalue weighted by molar-refractivity contribution is 6.63. The van der Waals surface area contributed by atoms with E-state index in [1.807, 2.05) is 20.8 Å². The molecule has 0 bridgehead atoms. The molecular weight excluding hydrogens is 640 g/mol. The first-order chi connectivity index (χ1) is 22.6. The van der Waals surface area contributed by atoms with Crippen LogP contribution < -0.4 is 9.47 Å². The third kappa shape index (κ3) is 15.2. The quantitative estimate of drug-likeness (QED) is 0.0607. The van der Waals surface area contributed by atoms with E-state index < -0.39 is 22.8 Å². The predicted octanol–water partition coefficient (Wildman–Crippen LogP) is 3.44. The van der Waals surface area contributed by atoms with Crippen LogP contribution in [-0.4, -0.2) is 122 Å². The van der Waals surface area contributed by atoms with Gasteiger partial charge in [0, 0.05) is 25.5 Å². The summed E-state index contributed by atoms with van der Waals surface area (Å²) >= 11 is 5.34. The Morgan fingerprint density at radius 2 is 1.15 bits per heavy atom. The molecule has 2 rings (SSSR count). The number of rotatable bonds is 26. The Morgan fingerprint density at radius 1 is 0.681 bits per heavy atom. The van der Waals surface area contributed by atoms with Gasteiger partial charge in [-0.3, -0.25) is 9.59 Å². The number of carbonyl (C=O) groups is 3. The summed E-state index contributed by atoms with van der Waals surface area (Å²) in [6.07, 6.45) is 0.722. The summed E-state index contributed by atoms with van der Waals surface area (Å²) in [5.41, 5.74) is 1.94. The van der Waals surface area contributed by atoms with Gasteiger partial charge in [0.25, 0.3) is 0 Å². The molecule has 47 heavy (non-hydrogen) atoms. The topological polar surface area (TPSA) is 144 Å². The van der Waals surface area contributed by atoms with Gasteiger partial charge in [0.15, 0.2) is 0 Å². The number of carbonyl (C=O) groups excluding carboxylic acids is 3. The molecule has 0 amide bonds. The Balaban J connectivity index is 1.55. The zero-order chi connectivity index (χ0) is 34.5. The van der Waals surface area contributed by atoms with Crippen LogP contribution in [0.1, 0.15) is 48.4 Å². The molecule has 13 nitrogen and oxygen atoms in total. The lowest BCUT2D eigenvalue weighted by Crippen LogP contribution is -2.46. The predicted molar refractivity (Wildman–Crippen MR) is 171 cm³/mol. The average Bonchev–Trinajstić information content (AvgIpc) is 3.05. The summed E-state index contributed by atoms with van der Waals surface area (Å²) in [5.74, 6) is 0.0176. The maximum absolute atomic E-state index is 13.0. The molecule has 1 heterocycles. The maximum atomic E-state index is 13.0. The minimum absolute atomic E-state index is 0.0810. The maximum Gasteiger partial charge on any atom is 0.350 e. The lowest BCUT2D eigenvalue weighted by atomic mass is 9.87. The highest BCUT2D eigenvalue weighted by Crippen LogP contribution is 2.44. The minimum atomic E-state index is -1.17. The Labute approximate surface area is 282 Å². The van der Waals surface area contributed by atoms with E-state index in [2.05, 4.69) is 0 Å². The molecule has 0 unspecified atom stereocenters. The van der Waals surface area contributed by atoms with Crippen molar-refractivity contribution in [2.75, 3.05) is 99.6 Å². The first kappa shape index (κ1) is 40.8. The fourth-order valence-corrected chi connectivity index (χ4v) is 4.68. The van der Waals surface area contributed by atoms with Crippen LogP contribution in [0.25, 0.3) is 0 Å². The van der Waals surface area contributed by atoms with Gasteiger partial charge in [0.2, 0.25) is 10.8 Å². The molecule has 1 atom stereocenters. The lowest BCUT2D eigenvalue weighted by molar-refractivity contribution is -0.164. The van der Waals surface area contributed by atoms with Gasteiger partial charge in [-0.15, -0.1) is 0 Å². The molecule has 0 saturated carbocycles. The molecule has 1 aromatic carbocycles. The van der Waals surface area contributed by atoms with Crippen molar-refractivity contribution in [1.29, 1.82) is 0 Å². The van der Waals surface area contributed by atoms with E-state index >= 15 is 0 Å². The zero-order valence-electron chi connectivity index (χ0n) is 28.4. The first-order valence-corrected chi connectivity index (χ1v) is 16.3. The van der Waals surface area contributed by atoms with Crippen LogP contribution in [0, 0.1) is 20.8 Å². The monoisotopic (exact) mass is 690 g/mol. The average molecular weight is 691 g/mol. The van der Waals surface area contributed by atoms with Gasteiger partial charge in [-0.2, -0.15) is 0 Å². The first-order valence-electron chi connectivity index (χ1n) is 15.9. The number of ether oxygens (including phenoxy) is 10. The van der Waals surface area contributed by atoms with Crippen LogP contribution in [0.5, 0.6) is 11.5 Å². The van der Waals surface area contributed by atoms with Crippen LogP contribution >= 0.6 is 11.6 Å². The summed E-state index contributed by atoms with van der Waals surface area (Å²) in [5, 5.41) is -0.594. The number of esters is 2. The van der Waals surface area contributed by atoms with Crippen LogP contribution in [0.3, 0.4) is 0 Å². The van der Waals surface area contributed by atoms with Gasteiger partial charge < -0.3 is 47.4 Å². The van der Waals surface area contributed by atoms with Crippen LogP contribution in [-0.2, 0) is 58.7 Å². The molecule has 0 fully saturated rings. The second-order valence-electron chi connectivity index (χ2n) is 11.0. The van der Waals surface area contributed by atoms with Gasteiger partial charge in [0.1, 0.15) is 18.1 Å². The largest absolute Gasteiger partial charge is 0.475 e. The van der Waals surface area contributed by atoms with Gasteiger partial charge >= 0.3 is 11.9 Å². The number of hydrogen-bond donors (Lipinski definition) is 0. The van der Waals surface area contributed by atoms with E-state index in [0.29, 0.717) is 109 Å². The molecule has 0 aromatic heterocycles. The fraction of sp³-hybridized carbons (Fsp3) is 0.727. The number of methoxy groups -OCH3 is 1. The number of hydrogen-bond acceptors (Lipinski definition) is 13. The third-order valence-electron chi connectivity index (χ3n) is 7.42. The highest BCUT2D eigenvalue weighted by Gasteiger charge is 2.42. The van der Waals surface area contributed by atoms with Crippen molar-refractivity contribution in [3.8, 4) is 11.5 Å². The second-order valence-corrected chi connectivity index (χ2v) is 11.4. The van der Waals surface area contributed by atoms with Gasteiger partial charge in [-0.05, 0) is 62.4 Å². The molecule has 0 aliphatic carbocycles. The molecule has 1 aliphatic rings. The molecule has 1 aromatic rings. The van der Waals surface area contributed by atoms with E-state index in [-0.39, 0.29) is 26.1 Å². The second kappa shape index (κ2) is 23.1. The Hall–Kier alpha value is -2.36. The Bertz CT molecular complexity index is 1110.